The van der Waals surface area contributed by atoms with Crippen molar-refractivity contribution in [1.82, 2.24) is 15.5 Å². The molecule has 0 radical (unpaired) electrons. The second kappa shape index (κ2) is 7.74. The van der Waals surface area contributed by atoms with E-state index in [4.69, 9.17) is 4.74 Å². The number of nitrogens with zero attached hydrogens (tertiary/aromatic N) is 2. The Labute approximate surface area is 175 Å². The molecule has 1 spiro atoms. The predicted octanol–water partition coefficient (Wildman–Crippen LogP) is 2.74. The SMILES string of the molecule is CN=C(NC1CCN(C2CCCC2)C1)NC1C2CCOC2C12CCC2.I. The Morgan fingerprint density at radius 3 is 2.58 bits per heavy atom. The quantitative estimate of drug-likeness (QED) is 0.375. The van der Waals surface area contributed by atoms with Gasteiger partial charge in [-0.2, -0.15) is 0 Å². The van der Waals surface area contributed by atoms with Gasteiger partial charge < -0.3 is 15.4 Å². The average molecular weight is 474 g/mol. The first-order valence-corrected chi connectivity index (χ1v) is 10.7. The zero-order valence-corrected chi connectivity index (χ0v) is 18.4. The van der Waals surface area contributed by atoms with Crippen molar-refractivity contribution in [3.05, 3.63) is 0 Å². The van der Waals surface area contributed by atoms with Crippen LogP contribution in [0, 0.1) is 11.3 Å². The van der Waals surface area contributed by atoms with E-state index < -0.39 is 0 Å². The molecule has 0 aromatic rings. The summed E-state index contributed by atoms with van der Waals surface area (Å²) < 4.78 is 6.05. The number of rotatable bonds is 3. The van der Waals surface area contributed by atoms with Gasteiger partial charge in [-0.15, -0.1) is 24.0 Å². The Balaban J connectivity index is 0.00000168. The number of nitrogens with one attached hydrogen (secondary N) is 2. The van der Waals surface area contributed by atoms with Gasteiger partial charge in [0.15, 0.2) is 5.96 Å². The molecule has 4 unspecified atom stereocenters. The molecule has 4 atom stereocenters. The number of halogens is 1. The molecule has 0 amide bonds. The molecule has 0 aromatic heterocycles. The molecule has 3 saturated carbocycles. The van der Waals surface area contributed by atoms with Crippen LogP contribution in [0.15, 0.2) is 4.99 Å². The third-order valence-corrected chi connectivity index (χ3v) is 7.95. The predicted molar refractivity (Wildman–Crippen MR) is 115 cm³/mol. The molecule has 0 aromatic carbocycles. The minimum atomic E-state index is 0. The van der Waals surface area contributed by atoms with Crippen molar-refractivity contribution in [2.24, 2.45) is 16.3 Å². The third-order valence-electron chi connectivity index (χ3n) is 7.95. The summed E-state index contributed by atoms with van der Waals surface area (Å²) in [5, 5.41) is 7.56. The van der Waals surface area contributed by atoms with Crippen molar-refractivity contribution in [1.29, 1.82) is 0 Å². The maximum Gasteiger partial charge on any atom is 0.191 e. The molecule has 3 aliphatic carbocycles. The maximum atomic E-state index is 6.05. The summed E-state index contributed by atoms with van der Waals surface area (Å²) in [4.78, 5) is 7.29. The lowest BCUT2D eigenvalue weighted by Crippen LogP contribution is -2.72. The number of ether oxygens (including phenoxy) is 1. The van der Waals surface area contributed by atoms with Crippen LogP contribution in [0.4, 0.5) is 0 Å². The molecule has 148 valence electrons. The number of aliphatic imine (C=N–C) groups is 1. The lowest BCUT2D eigenvalue weighted by molar-refractivity contribution is -0.171. The standard InChI is InChI=1S/C20H34N4O.HI/c1-21-19(22-14-7-11-24(13-14)15-5-2-3-6-15)23-17-16-8-12-25-18(16)20(17)9-4-10-20;/h14-18H,2-13H2,1H3,(H2,21,22,23);1H. The van der Waals surface area contributed by atoms with Gasteiger partial charge in [-0.1, -0.05) is 19.3 Å². The first kappa shape index (κ1) is 19.2. The lowest BCUT2D eigenvalue weighted by atomic mass is 9.46. The van der Waals surface area contributed by atoms with Crippen molar-refractivity contribution < 1.29 is 4.74 Å². The average Bonchev–Trinajstić information content (AvgIpc) is 3.30. The van der Waals surface area contributed by atoms with Gasteiger partial charge in [0.1, 0.15) is 0 Å². The molecule has 2 N–H and O–H groups in total. The monoisotopic (exact) mass is 474 g/mol. The fourth-order valence-corrected chi connectivity index (χ4v) is 6.47. The van der Waals surface area contributed by atoms with Gasteiger partial charge in [0.05, 0.1) is 6.10 Å². The van der Waals surface area contributed by atoms with Gasteiger partial charge in [0.25, 0.3) is 0 Å². The minimum absolute atomic E-state index is 0. The van der Waals surface area contributed by atoms with Crippen LogP contribution in [0.25, 0.3) is 0 Å². The summed E-state index contributed by atoms with van der Waals surface area (Å²) in [5.41, 5.74) is 0.421. The van der Waals surface area contributed by atoms with E-state index in [1.54, 1.807) is 0 Å². The van der Waals surface area contributed by atoms with Crippen molar-refractivity contribution in [2.45, 2.75) is 82.0 Å². The van der Waals surface area contributed by atoms with Gasteiger partial charge in [-0.05, 0) is 38.5 Å². The molecule has 2 saturated heterocycles. The van der Waals surface area contributed by atoms with E-state index >= 15 is 0 Å². The van der Waals surface area contributed by atoms with E-state index in [0.717, 1.165) is 18.6 Å². The Morgan fingerprint density at radius 2 is 1.88 bits per heavy atom. The highest BCUT2D eigenvalue weighted by Gasteiger charge is 2.66. The molecule has 5 nitrogen and oxygen atoms in total. The Morgan fingerprint density at radius 1 is 1.08 bits per heavy atom. The highest BCUT2D eigenvalue weighted by molar-refractivity contribution is 14.0. The summed E-state index contributed by atoms with van der Waals surface area (Å²) in [6, 6.07) is 1.98. The Hall–Kier alpha value is -0.0800. The Kier molecular flexibility index (Phi) is 5.73. The molecule has 5 fully saturated rings. The fraction of sp³-hybridized carbons (Fsp3) is 0.950. The van der Waals surface area contributed by atoms with Gasteiger partial charge in [-0.25, -0.2) is 0 Å². The second-order valence-corrected chi connectivity index (χ2v) is 9.09. The summed E-state index contributed by atoms with van der Waals surface area (Å²) in [6.07, 6.45) is 12.7. The van der Waals surface area contributed by atoms with Crippen molar-refractivity contribution in [3.63, 3.8) is 0 Å². The van der Waals surface area contributed by atoms with Crippen LogP contribution < -0.4 is 10.6 Å². The van der Waals surface area contributed by atoms with E-state index in [0.29, 0.717) is 29.5 Å². The van der Waals surface area contributed by atoms with Gasteiger partial charge in [-0.3, -0.25) is 9.89 Å². The zero-order valence-electron chi connectivity index (χ0n) is 16.1. The van der Waals surface area contributed by atoms with Crippen molar-refractivity contribution in [3.8, 4) is 0 Å². The first-order valence-electron chi connectivity index (χ1n) is 10.7. The molecule has 6 heteroatoms. The normalized spacial score (nSPS) is 39.2. The molecule has 26 heavy (non-hydrogen) atoms. The molecule has 5 aliphatic rings. The van der Waals surface area contributed by atoms with Gasteiger partial charge >= 0.3 is 0 Å². The van der Waals surface area contributed by atoms with E-state index in [1.807, 2.05) is 7.05 Å². The maximum absolute atomic E-state index is 6.05. The van der Waals surface area contributed by atoms with Crippen LogP contribution in [0.5, 0.6) is 0 Å². The first-order chi connectivity index (χ1) is 12.3. The van der Waals surface area contributed by atoms with Gasteiger partial charge in [0, 0.05) is 56.2 Å². The molecule has 0 bridgehead atoms. The van der Waals surface area contributed by atoms with Crippen molar-refractivity contribution in [2.75, 3.05) is 26.7 Å². The summed E-state index contributed by atoms with van der Waals surface area (Å²) >= 11 is 0. The largest absolute Gasteiger partial charge is 0.377 e. The Bertz CT molecular complexity index is 532. The van der Waals surface area contributed by atoms with Crippen LogP contribution in [0.3, 0.4) is 0 Å². The van der Waals surface area contributed by atoms with Crippen LogP contribution in [-0.4, -0.2) is 61.8 Å². The minimum Gasteiger partial charge on any atom is -0.377 e. The van der Waals surface area contributed by atoms with E-state index in [1.165, 1.54) is 70.9 Å². The van der Waals surface area contributed by atoms with E-state index in [-0.39, 0.29) is 24.0 Å². The number of guanidine groups is 1. The summed E-state index contributed by atoms with van der Waals surface area (Å²) in [6.45, 7) is 3.40. The van der Waals surface area contributed by atoms with Crippen LogP contribution in [0.2, 0.25) is 0 Å². The smallest absolute Gasteiger partial charge is 0.191 e. The summed E-state index contributed by atoms with van der Waals surface area (Å²) in [5.74, 6) is 1.73. The highest BCUT2D eigenvalue weighted by atomic mass is 127. The number of fused-ring (bicyclic) bond motifs is 2. The fourth-order valence-electron chi connectivity index (χ4n) is 6.47. The molecular formula is C20H35IN4O. The van der Waals surface area contributed by atoms with Crippen LogP contribution in [-0.2, 0) is 4.74 Å². The van der Waals surface area contributed by atoms with E-state index in [2.05, 4.69) is 20.5 Å². The summed E-state index contributed by atoms with van der Waals surface area (Å²) in [7, 11) is 1.92. The van der Waals surface area contributed by atoms with Crippen molar-refractivity contribution >= 4 is 29.9 Å². The second-order valence-electron chi connectivity index (χ2n) is 9.09. The molecule has 5 rings (SSSR count). The molecule has 2 heterocycles. The topological polar surface area (TPSA) is 48.9 Å². The van der Waals surface area contributed by atoms with Crippen LogP contribution in [0.1, 0.15) is 57.8 Å². The number of hydrogen-bond donors (Lipinski definition) is 2. The van der Waals surface area contributed by atoms with Crippen LogP contribution >= 0.6 is 24.0 Å². The highest BCUT2D eigenvalue weighted by Crippen LogP contribution is 2.62. The third kappa shape index (κ3) is 3.08. The zero-order chi connectivity index (χ0) is 16.9. The number of hydrogen-bond acceptors (Lipinski definition) is 3. The lowest BCUT2D eigenvalue weighted by Gasteiger charge is -2.63. The number of likely N-dealkylation sites (tertiary alicyclic amines) is 1. The van der Waals surface area contributed by atoms with Gasteiger partial charge in [0.2, 0.25) is 0 Å². The van der Waals surface area contributed by atoms with E-state index in [9.17, 15) is 0 Å². The molecule has 2 aliphatic heterocycles. The molecular weight excluding hydrogens is 439 g/mol.